The Morgan fingerprint density at radius 2 is 1.76 bits per heavy atom. The average molecular weight is 476 g/mol. The van der Waals surface area contributed by atoms with Gasteiger partial charge in [-0.25, -0.2) is 9.37 Å². The molecule has 0 spiro atoms. The number of aromatic amines is 1. The van der Waals surface area contributed by atoms with Crippen LogP contribution in [-0.4, -0.2) is 21.1 Å². The molecule has 8 heteroatoms. The topological polar surface area (TPSA) is 41.6 Å². The molecule has 2 aromatic heterocycles. The van der Waals surface area contributed by atoms with E-state index < -0.39 is 18.5 Å². The molecule has 1 N–H and O–H groups in total. The molecule has 1 fully saturated rings. The minimum absolute atomic E-state index is 0.149. The van der Waals surface area contributed by atoms with E-state index in [4.69, 9.17) is 11.6 Å². The molecule has 1 unspecified atom stereocenters. The minimum Gasteiger partial charge on any atom is -0.342 e. The fourth-order valence-corrected chi connectivity index (χ4v) is 5.41. The Hall–Kier alpha value is -2.67. The summed E-state index contributed by atoms with van der Waals surface area (Å²) < 4.78 is 54.4. The van der Waals surface area contributed by atoms with Gasteiger partial charge >= 0.3 is 6.18 Å². The largest absolute Gasteiger partial charge is 0.389 e. The maximum atomic E-state index is 13.9. The van der Waals surface area contributed by atoms with E-state index in [1.165, 1.54) is 12.1 Å². The Morgan fingerprint density at radius 3 is 2.52 bits per heavy atom. The Bertz CT molecular complexity index is 1290. The van der Waals surface area contributed by atoms with Gasteiger partial charge in [0.15, 0.2) is 0 Å². The first-order chi connectivity index (χ1) is 15.8. The van der Waals surface area contributed by atoms with Crippen molar-refractivity contribution in [2.24, 2.45) is 5.92 Å². The van der Waals surface area contributed by atoms with Crippen molar-refractivity contribution in [1.82, 2.24) is 15.0 Å². The van der Waals surface area contributed by atoms with E-state index in [-0.39, 0.29) is 17.7 Å². The molecule has 4 aromatic rings. The van der Waals surface area contributed by atoms with Gasteiger partial charge in [0.1, 0.15) is 11.6 Å². The SMILES string of the molecule is Fc1ccc2nccc([C@H]3CC[C@@H](C(CC(F)(F)F)c4nc5ccc(Cl)cc5[nH]4)CC3)c2c1. The first kappa shape index (κ1) is 22.1. The first-order valence-corrected chi connectivity index (χ1v) is 11.4. The van der Waals surface area contributed by atoms with Crippen LogP contribution >= 0.6 is 11.6 Å². The van der Waals surface area contributed by atoms with Gasteiger partial charge in [-0.05, 0) is 85.5 Å². The van der Waals surface area contributed by atoms with Crippen molar-refractivity contribution in [1.29, 1.82) is 0 Å². The molecular weight excluding hydrogens is 454 g/mol. The smallest absolute Gasteiger partial charge is 0.342 e. The van der Waals surface area contributed by atoms with Crippen LogP contribution < -0.4 is 0 Å². The number of nitrogens with one attached hydrogen (secondary N) is 1. The van der Waals surface area contributed by atoms with Gasteiger partial charge in [-0.1, -0.05) is 11.6 Å². The zero-order valence-electron chi connectivity index (χ0n) is 17.7. The zero-order chi connectivity index (χ0) is 23.2. The fourth-order valence-electron chi connectivity index (χ4n) is 5.24. The van der Waals surface area contributed by atoms with Crippen LogP contribution in [0.5, 0.6) is 0 Å². The number of halogens is 5. The summed E-state index contributed by atoms with van der Waals surface area (Å²) in [6, 6.07) is 11.5. The highest BCUT2D eigenvalue weighted by Crippen LogP contribution is 2.46. The molecule has 1 aliphatic rings. The number of imidazole rings is 1. The van der Waals surface area contributed by atoms with Gasteiger partial charge in [-0.15, -0.1) is 0 Å². The first-order valence-electron chi connectivity index (χ1n) is 11.0. The van der Waals surface area contributed by atoms with Crippen molar-refractivity contribution in [3.63, 3.8) is 0 Å². The van der Waals surface area contributed by atoms with Crippen LogP contribution in [0.25, 0.3) is 21.9 Å². The summed E-state index contributed by atoms with van der Waals surface area (Å²) in [6.45, 7) is 0. The number of hydrogen-bond acceptors (Lipinski definition) is 2. The molecule has 3 nitrogen and oxygen atoms in total. The molecule has 2 aromatic carbocycles. The van der Waals surface area contributed by atoms with Gasteiger partial charge in [0.25, 0.3) is 0 Å². The summed E-state index contributed by atoms with van der Waals surface area (Å²) in [5.41, 5.74) is 3.00. The summed E-state index contributed by atoms with van der Waals surface area (Å²) in [7, 11) is 0. The highest BCUT2D eigenvalue weighted by molar-refractivity contribution is 6.31. The lowest BCUT2D eigenvalue weighted by Gasteiger charge is -2.34. The van der Waals surface area contributed by atoms with Gasteiger partial charge in [-0.3, -0.25) is 4.98 Å². The van der Waals surface area contributed by atoms with E-state index in [9.17, 15) is 17.6 Å². The lowest BCUT2D eigenvalue weighted by Crippen LogP contribution is -2.25. The highest BCUT2D eigenvalue weighted by Gasteiger charge is 2.39. The second kappa shape index (κ2) is 8.60. The second-order valence-corrected chi connectivity index (χ2v) is 9.32. The van der Waals surface area contributed by atoms with Crippen molar-refractivity contribution in [2.75, 3.05) is 0 Å². The lowest BCUT2D eigenvalue weighted by molar-refractivity contribution is -0.142. The van der Waals surface area contributed by atoms with Gasteiger partial charge in [0.05, 0.1) is 23.0 Å². The van der Waals surface area contributed by atoms with Gasteiger partial charge in [0, 0.05) is 22.5 Å². The Labute approximate surface area is 193 Å². The van der Waals surface area contributed by atoms with Crippen LogP contribution in [0, 0.1) is 11.7 Å². The standard InChI is InChI=1S/C25H22ClF4N3/c26-16-5-7-22-23(11-16)33-24(32-22)20(13-25(28,29)30)15-3-1-14(2-4-15)18-9-10-31-21-8-6-17(27)12-19(18)21/h5-12,14-15,20H,1-4,13H2,(H,32,33)/t14-,15+,20?. The Kier molecular flexibility index (Phi) is 5.77. The molecule has 33 heavy (non-hydrogen) atoms. The van der Waals surface area contributed by atoms with E-state index in [2.05, 4.69) is 15.0 Å². The van der Waals surface area contributed by atoms with Crippen LogP contribution in [0.15, 0.2) is 48.7 Å². The van der Waals surface area contributed by atoms with Crippen LogP contribution in [-0.2, 0) is 0 Å². The van der Waals surface area contributed by atoms with Crippen LogP contribution in [0.1, 0.15) is 55.3 Å². The maximum Gasteiger partial charge on any atom is 0.389 e. The summed E-state index contributed by atoms with van der Waals surface area (Å²) in [5.74, 6) is -0.688. The normalized spacial score (nSPS) is 20.4. The number of hydrogen-bond donors (Lipinski definition) is 1. The van der Waals surface area contributed by atoms with Gasteiger partial charge < -0.3 is 4.98 Å². The average Bonchev–Trinajstić information content (AvgIpc) is 3.19. The van der Waals surface area contributed by atoms with Crippen molar-refractivity contribution in [3.8, 4) is 0 Å². The van der Waals surface area contributed by atoms with Crippen molar-refractivity contribution in [2.45, 2.75) is 50.1 Å². The zero-order valence-corrected chi connectivity index (χ0v) is 18.4. The Morgan fingerprint density at radius 1 is 1.00 bits per heavy atom. The van der Waals surface area contributed by atoms with Crippen molar-refractivity contribution < 1.29 is 17.6 Å². The summed E-state index contributed by atoms with van der Waals surface area (Å²) in [5, 5.41) is 1.29. The van der Waals surface area contributed by atoms with E-state index in [1.54, 1.807) is 30.5 Å². The minimum atomic E-state index is -4.29. The van der Waals surface area contributed by atoms with Crippen LogP contribution in [0.3, 0.4) is 0 Å². The number of fused-ring (bicyclic) bond motifs is 2. The summed E-state index contributed by atoms with van der Waals surface area (Å²) >= 11 is 6.03. The summed E-state index contributed by atoms with van der Waals surface area (Å²) in [4.78, 5) is 11.9. The number of aromatic nitrogens is 3. The van der Waals surface area contributed by atoms with E-state index in [1.807, 2.05) is 6.07 Å². The predicted octanol–water partition coefficient (Wildman–Crippen LogP) is 7.91. The molecule has 0 aliphatic heterocycles. The van der Waals surface area contributed by atoms with Crippen LogP contribution in [0.2, 0.25) is 5.02 Å². The highest BCUT2D eigenvalue weighted by atomic mass is 35.5. The molecule has 1 saturated carbocycles. The van der Waals surface area contributed by atoms with Crippen LogP contribution in [0.4, 0.5) is 17.6 Å². The molecule has 1 atom stereocenters. The number of alkyl halides is 3. The molecule has 0 bridgehead atoms. The molecule has 5 rings (SSSR count). The van der Waals surface area contributed by atoms with Gasteiger partial charge in [-0.2, -0.15) is 13.2 Å². The molecule has 0 amide bonds. The number of pyridine rings is 1. The quantitative estimate of drug-likeness (QED) is 0.305. The number of nitrogens with zero attached hydrogens (tertiary/aromatic N) is 2. The predicted molar refractivity (Wildman–Crippen MR) is 121 cm³/mol. The second-order valence-electron chi connectivity index (χ2n) is 8.88. The lowest BCUT2D eigenvalue weighted by atomic mass is 9.72. The number of H-pyrrole nitrogens is 1. The fraction of sp³-hybridized carbons (Fsp3) is 0.360. The maximum absolute atomic E-state index is 13.9. The third-order valence-electron chi connectivity index (χ3n) is 6.78. The number of rotatable bonds is 4. The molecule has 172 valence electrons. The molecule has 1 aliphatic carbocycles. The van der Waals surface area contributed by atoms with Crippen molar-refractivity contribution >= 4 is 33.5 Å². The van der Waals surface area contributed by atoms with E-state index >= 15 is 0 Å². The van der Waals surface area contributed by atoms with Gasteiger partial charge in [0.2, 0.25) is 0 Å². The third kappa shape index (κ3) is 4.69. The molecule has 2 heterocycles. The molecule has 0 saturated heterocycles. The van der Waals surface area contributed by atoms with E-state index in [0.717, 1.165) is 29.3 Å². The molecule has 0 radical (unpaired) electrons. The monoisotopic (exact) mass is 475 g/mol. The summed E-state index contributed by atoms with van der Waals surface area (Å²) in [6.07, 6.45) is -0.740. The number of benzene rings is 2. The Balaban J connectivity index is 1.40. The third-order valence-corrected chi connectivity index (χ3v) is 7.02. The molecular formula is C25H22ClF4N3. The van der Waals surface area contributed by atoms with Crippen molar-refractivity contribution in [3.05, 3.63) is 70.9 Å². The van der Waals surface area contributed by atoms with E-state index in [0.29, 0.717) is 34.7 Å².